The van der Waals surface area contributed by atoms with Gasteiger partial charge in [-0.2, -0.15) is 0 Å². The van der Waals surface area contributed by atoms with Crippen LogP contribution >= 0.6 is 0 Å². The van der Waals surface area contributed by atoms with Crippen molar-refractivity contribution in [3.63, 3.8) is 0 Å². The number of benzene rings is 1. The third-order valence-corrected chi connectivity index (χ3v) is 5.41. The van der Waals surface area contributed by atoms with Crippen LogP contribution in [0, 0.1) is 0 Å². The van der Waals surface area contributed by atoms with Gasteiger partial charge in [-0.05, 0) is 36.1 Å². The summed E-state index contributed by atoms with van der Waals surface area (Å²) in [7, 11) is 0. The molecular formula is C22H25N5O3. The molecular weight excluding hydrogens is 382 g/mol. The molecule has 3 aromatic rings. The van der Waals surface area contributed by atoms with E-state index in [9.17, 15) is 14.4 Å². The van der Waals surface area contributed by atoms with Crippen LogP contribution in [-0.4, -0.2) is 44.0 Å². The molecule has 0 atom stereocenters. The van der Waals surface area contributed by atoms with Gasteiger partial charge in [0.25, 0.3) is 0 Å². The van der Waals surface area contributed by atoms with Crippen LogP contribution in [0.2, 0.25) is 0 Å². The first-order valence-corrected chi connectivity index (χ1v) is 10.3. The van der Waals surface area contributed by atoms with E-state index >= 15 is 0 Å². The molecule has 8 heteroatoms. The lowest BCUT2D eigenvalue weighted by atomic mass is 9.99. The van der Waals surface area contributed by atoms with E-state index in [4.69, 9.17) is 0 Å². The molecule has 1 aliphatic heterocycles. The molecule has 2 amide bonds. The van der Waals surface area contributed by atoms with E-state index in [-0.39, 0.29) is 30.5 Å². The average molecular weight is 407 g/mol. The normalized spacial score (nSPS) is 13.3. The van der Waals surface area contributed by atoms with Gasteiger partial charge in [-0.1, -0.05) is 30.3 Å². The van der Waals surface area contributed by atoms with Crippen molar-refractivity contribution < 1.29 is 9.59 Å². The Bertz CT molecular complexity index is 1120. The van der Waals surface area contributed by atoms with Gasteiger partial charge >= 0.3 is 5.69 Å². The minimum Gasteiger partial charge on any atom is -0.356 e. The molecule has 1 aromatic carbocycles. The Balaban J connectivity index is 1.17. The fourth-order valence-electron chi connectivity index (χ4n) is 3.74. The molecule has 0 radical (unpaired) electrons. The predicted octanol–water partition coefficient (Wildman–Crippen LogP) is 1.37. The number of nitrogens with zero attached hydrogens (tertiary/aromatic N) is 4. The van der Waals surface area contributed by atoms with Gasteiger partial charge in [0.05, 0.1) is 6.54 Å². The van der Waals surface area contributed by atoms with E-state index in [1.54, 1.807) is 18.3 Å². The van der Waals surface area contributed by atoms with Crippen LogP contribution in [0.25, 0.3) is 5.65 Å². The number of pyridine rings is 1. The Labute approximate surface area is 174 Å². The molecule has 3 heterocycles. The molecule has 156 valence electrons. The van der Waals surface area contributed by atoms with E-state index in [0.717, 1.165) is 13.0 Å². The number of nitrogens with one attached hydrogen (secondary N) is 1. The van der Waals surface area contributed by atoms with Crippen molar-refractivity contribution in [1.29, 1.82) is 0 Å². The van der Waals surface area contributed by atoms with Gasteiger partial charge in [0, 0.05) is 38.7 Å². The van der Waals surface area contributed by atoms with Crippen molar-refractivity contribution in [3.05, 3.63) is 70.3 Å². The van der Waals surface area contributed by atoms with Crippen molar-refractivity contribution in [3.8, 4) is 0 Å². The number of aryl methyl sites for hydroxylation is 1. The Kier molecular flexibility index (Phi) is 5.92. The van der Waals surface area contributed by atoms with E-state index in [0.29, 0.717) is 31.6 Å². The maximum Gasteiger partial charge on any atom is 0.350 e. The SMILES string of the molecule is O=C(CCn1nc2ccccn2c1=O)NCCCC(=O)N1CCc2ccccc2C1. The Morgan fingerprint density at radius 1 is 1.03 bits per heavy atom. The van der Waals surface area contributed by atoms with Crippen molar-refractivity contribution >= 4 is 17.5 Å². The molecule has 1 N–H and O–H groups in total. The lowest BCUT2D eigenvalue weighted by molar-refractivity contribution is -0.132. The van der Waals surface area contributed by atoms with Crippen LogP contribution in [0.5, 0.6) is 0 Å². The molecule has 30 heavy (non-hydrogen) atoms. The molecule has 2 aromatic heterocycles. The summed E-state index contributed by atoms with van der Waals surface area (Å²) >= 11 is 0. The van der Waals surface area contributed by atoms with Crippen LogP contribution in [0.4, 0.5) is 0 Å². The van der Waals surface area contributed by atoms with Crippen LogP contribution < -0.4 is 11.0 Å². The monoisotopic (exact) mass is 407 g/mol. The molecule has 0 saturated carbocycles. The summed E-state index contributed by atoms with van der Waals surface area (Å²) in [5, 5.41) is 7.03. The minimum absolute atomic E-state index is 0.120. The van der Waals surface area contributed by atoms with Gasteiger partial charge in [-0.25, -0.2) is 9.48 Å². The van der Waals surface area contributed by atoms with Crippen LogP contribution in [-0.2, 0) is 29.1 Å². The van der Waals surface area contributed by atoms with E-state index in [1.807, 2.05) is 23.1 Å². The Morgan fingerprint density at radius 3 is 2.67 bits per heavy atom. The first-order chi connectivity index (χ1) is 14.6. The van der Waals surface area contributed by atoms with E-state index in [2.05, 4.69) is 22.5 Å². The molecule has 8 nitrogen and oxygen atoms in total. The molecule has 1 aliphatic rings. The summed E-state index contributed by atoms with van der Waals surface area (Å²) < 4.78 is 2.75. The number of hydrogen-bond acceptors (Lipinski definition) is 4. The van der Waals surface area contributed by atoms with Crippen molar-refractivity contribution in [2.24, 2.45) is 0 Å². The summed E-state index contributed by atoms with van der Waals surface area (Å²) in [4.78, 5) is 38.6. The summed E-state index contributed by atoms with van der Waals surface area (Å²) in [6.07, 6.45) is 3.71. The molecule has 0 aliphatic carbocycles. The number of carbonyl (C=O) groups excluding carboxylic acids is 2. The first-order valence-electron chi connectivity index (χ1n) is 10.3. The standard InChI is InChI=1S/C22H25N5O3/c28-20(11-15-27-22(30)26-13-4-3-8-19(26)24-27)23-12-5-9-21(29)25-14-10-17-6-1-2-7-18(17)16-25/h1-4,6-8,13H,5,9-12,14-16H2,(H,23,28). The number of rotatable bonds is 7. The average Bonchev–Trinajstić information content (AvgIpc) is 3.10. The number of hydrogen-bond donors (Lipinski definition) is 1. The summed E-state index contributed by atoms with van der Waals surface area (Å²) in [6, 6.07) is 13.5. The van der Waals surface area contributed by atoms with E-state index < -0.39 is 0 Å². The van der Waals surface area contributed by atoms with Gasteiger partial charge in [-0.3, -0.25) is 14.0 Å². The second-order valence-electron chi connectivity index (χ2n) is 7.47. The van der Waals surface area contributed by atoms with Crippen molar-refractivity contribution in [2.75, 3.05) is 13.1 Å². The lowest BCUT2D eigenvalue weighted by Gasteiger charge is -2.29. The molecule has 0 fully saturated rings. The topological polar surface area (TPSA) is 88.7 Å². The number of fused-ring (bicyclic) bond motifs is 2. The van der Waals surface area contributed by atoms with Crippen molar-refractivity contribution in [1.82, 2.24) is 24.4 Å². The zero-order chi connectivity index (χ0) is 20.9. The minimum atomic E-state index is -0.257. The number of aromatic nitrogens is 3. The number of amides is 2. The maximum absolute atomic E-state index is 12.5. The van der Waals surface area contributed by atoms with E-state index in [1.165, 1.54) is 20.2 Å². The molecule has 0 saturated heterocycles. The molecule has 0 unspecified atom stereocenters. The largest absolute Gasteiger partial charge is 0.356 e. The quantitative estimate of drug-likeness (QED) is 0.599. The van der Waals surface area contributed by atoms with Gasteiger partial charge < -0.3 is 10.2 Å². The molecule has 0 spiro atoms. The number of carbonyl (C=O) groups is 2. The van der Waals surface area contributed by atoms with Crippen LogP contribution in [0.15, 0.2) is 53.5 Å². The van der Waals surface area contributed by atoms with Gasteiger partial charge in [-0.15, -0.1) is 5.10 Å². The second kappa shape index (κ2) is 8.94. The third-order valence-electron chi connectivity index (χ3n) is 5.41. The first kappa shape index (κ1) is 19.9. The Morgan fingerprint density at radius 2 is 1.83 bits per heavy atom. The molecule has 0 bridgehead atoms. The third kappa shape index (κ3) is 4.42. The molecule has 4 rings (SSSR count). The van der Waals surface area contributed by atoms with Gasteiger partial charge in [0.2, 0.25) is 11.8 Å². The zero-order valence-electron chi connectivity index (χ0n) is 16.8. The smallest absolute Gasteiger partial charge is 0.350 e. The predicted molar refractivity (Wildman–Crippen MR) is 112 cm³/mol. The second-order valence-corrected chi connectivity index (χ2v) is 7.47. The van der Waals surface area contributed by atoms with Gasteiger partial charge in [0.15, 0.2) is 5.65 Å². The highest BCUT2D eigenvalue weighted by molar-refractivity contribution is 5.77. The summed E-state index contributed by atoms with van der Waals surface area (Å²) in [6.45, 7) is 2.07. The fourth-order valence-corrected chi connectivity index (χ4v) is 3.74. The summed E-state index contributed by atoms with van der Waals surface area (Å²) in [5.74, 6) is -0.0340. The highest BCUT2D eigenvalue weighted by atomic mass is 16.2. The summed E-state index contributed by atoms with van der Waals surface area (Å²) in [5.41, 5.74) is 2.83. The van der Waals surface area contributed by atoms with Crippen LogP contribution in [0.1, 0.15) is 30.4 Å². The zero-order valence-corrected chi connectivity index (χ0v) is 16.8. The fraction of sp³-hybridized carbons (Fsp3) is 0.364. The van der Waals surface area contributed by atoms with Crippen molar-refractivity contribution in [2.45, 2.75) is 38.8 Å². The highest BCUT2D eigenvalue weighted by Crippen LogP contribution is 2.19. The highest BCUT2D eigenvalue weighted by Gasteiger charge is 2.19. The maximum atomic E-state index is 12.5. The lowest BCUT2D eigenvalue weighted by Crippen LogP contribution is -2.36. The Hall–Kier alpha value is -3.42. The van der Waals surface area contributed by atoms with Crippen LogP contribution in [0.3, 0.4) is 0 Å². The van der Waals surface area contributed by atoms with Gasteiger partial charge in [0.1, 0.15) is 0 Å².